The van der Waals surface area contributed by atoms with Crippen LogP contribution in [0.2, 0.25) is 0 Å². The van der Waals surface area contributed by atoms with Crippen molar-refractivity contribution in [3.63, 3.8) is 0 Å². The number of amides is 1. The number of hydrogen-bond donors (Lipinski definition) is 1. The van der Waals surface area contributed by atoms with E-state index in [0.717, 1.165) is 55.8 Å². The van der Waals surface area contributed by atoms with Gasteiger partial charge in [0.2, 0.25) is 0 Å². The summed E-state index contributed by atoms with van der Waals surface area (Å²) >= 11 is 0. The van der Waals surface area contributed by atoms with Crippen molar-refractivity contribution in [3.05, 3.63) is 77.9 Å². The predicted octanol–water partition coefficient (Wildman–Crippen LogP) is 4.64. The minimum Gasteiger partial charge on any atom is -0.468 e. The zero-order valence-corrected chi connectivity index (χ0v) is 30.2. The monoisotopic (exact) mass is 716 g/mol. The van der Waals surface area contributed by atoms with Crippen molar-refractivity contribution in [1.82, 2.24) is 9.80 Å². The van der Waals surface area contributed by atoms with E-state index in [9.17, 15) is 19.5 Å². The third-order valence-corrected chi connectivity index (χ3v) is 16.5. The molecular weight excluding hydrogens is 672 g/mol. The van der Waals surface area contributed by atoms with Crippen LogP contribution >= 0.6 is 0 Å². The summed E-state index contributed by atoms with van der Waals surface area (Å²) in [6.07, 6.45) is 13.5. The molecule has 7 fully saturated rings. The summed E-state index contributed by atoms with van der Waals surface area (Å²) in [5.74, 6) is -1.17. The lowest BCUT2D eigenvalue weighted by Crippen LogP contribution is -2.76. The first kappa shape index (κ1) is 31.2. The highest BCUT2D eigenvalue weighted by Crippen LogP contribution is 2.78. The molecule has 1 N–H and O–H groups in total. The lowest BCUT2D eigenvalue weighted by Gasteiger charge is -2.62. The van der Waals surface area contributed by atoms with Gasteiger partial charge in [-0.1, -0.05) is 48.6 Å². The number of nitrogens with zero attached hydrogens (tertiary/aromatic N) is 4. The van der Waals surface area contributed by atoms with Crippen molar-refractivity contribution in [2.75, 3.05) is 50.2 Å². The van der Waals surface area contributed by atoms with Gasteiger partial charge in [0.15, 0.2) is 11.3 Å². The molecule has 4 saturated heterocycles. The van der Waals surface area contributed by atoms with Crippen molar-refractivity contribution in [1.29, 1.82) is 0 Å². The molecule has 2 aromatic rings. The fraction of sp³-hybridized carbons (Fsp3) is 0.548. The van der Waals surface area contributed by atoms with E-state index >= 15 is 0 Å². The van der Waals surface area contributed by atoms with E-state index in [0.29, 0.717) is 49.9 Å². The second-order valence-corrected chi connectivity index (χ2v) is 17.7. The summed E-state index contributed by atoms with van der Waals surface area (Å²) in [5.41, 5.74) is -2.15. The van der Waals surface area contributed by atoms with E-state index in [4.69, 9.17) is 14.2 Å². The highest BCUT2D eigenvalue weighted by atomic mass is 16.6. The molecule has 11 nitrogen and oxygen atoms in total. The Bertz CT molecular complexity index is 2160. The molecule has 1 amide bonds. The van der Waals surface area contributed by atoms with Crippen LogP contribution < -0.4 is 9.80 Å². The molecule has 9 atom stereocenters. The summed E-state index contributed by atoms with van der Waals surface area (Å²) in [6, 6.07) is 14.3. The highest BCUT2D eigenvalue weighted by molar-refractivity contribution is 5.99. The van der Waals surface area contributed by atoms with Gasteiger partial charge in [0.25, 0.3) is 0 Å². The number of hydrogen-bond acceptors (Lipinski definition) is 10. The third-order valence-electron chi connectivity index (χ3n) is 16.5. The molecule has 2 aromatic carbocycles. The molecule has 6 bridgehead atoms. The van der Waals surface area contributed by atoms with Crippen LogP contribution in [0, 0.1) is 16.7 Å². The summed E-state index contributed by atoms with van der Waals surface area (Å²) in [7, 11) is 2.84. The lowest BCUT2D eigenvalue weighted by molar-refractivity contribution is -0.201. The SMILES string of the molecule is COC(=O)N1c2cc(N3c4ccccc4C45CCN6CC=CC7(CCC(C(=O)OC)(C7)C34O)C65)ccc2C23CCN4CC=CC45CCC12C(C5)C(=O)O3. The number of aliphatic hydroxyl groups is 1. The van der Waals surface area contributed by atoms with Crippen LogP contribution in [0.25, 0.3) is 0 Å². The molecule has 0 radical (unpaired) electrons. The van der Waals surface area contributed by atoms with Crippen molar-refractivity contribution in [2.45, 2.75) is 85.2 Å². The third kappa shape index (κ3) is 2.94. The normalized spacial score (nSPS) is 44.5. The van der Waals surface area contributed by atoms with E-state index in [1.807, 2.05) is 35.2 Å². The fourth-order valence-electron chi connectivity index (χ4n) is 15.0. The number of carbonyl (C=O) groups excluding carboxylic acids is 3. The number of esters is 2. The number of carbonyl (C=O) groups is 3. The van der Waals surface area contributed by atoms with E-state index in [-0.39, 0.29) is 28.9 Å². The Kier molecular flexibility index (Phi) is 5.51. The van der Waals surface area contributed by atoms with E-state index in [1.165, 1.54) is 14.2 Å². The van der Waals surface area contributed by atoms with E-state index in [2.05, 4.69) is 46.2 Å². The molecule has 8 aliphatic heterocycles. The average Bonchev–Trinajstić information content (AvgIpc) is 3.98. The van der Waals surface area contributed by atoms with Gasteiger partial charge in [0.1, 0.15) is 11.0 Å². The molecule has 11 heteroatoms. The minimum absolute atomic E-state index is 0.00113. The van der Waals surface area contributed by atoms with Crippen LogP contribution in [0.15, 0.2) is 66.8 Å². The Morgan fingerprint density at radius 1 is 0.887 bits per heavy atom. The van der Waals surface area contributed by atoms with Crippen LogP contribution in [0.3, 0.4) is 0 Å². The zero-order chi connectivity index (χ0) is 36.0. The Morgan fingerprint density at radius 2 is 1.74 bits per heavy atom. The number of rotatable bonds is 2. The van der Waals surface area contributed by atoms with Crippen LogP contribution in [-0.2, 0) is 34.8 Å². The molecule has 3 aliphatic carbocycles. The Morgan fingerprint density at radius 3 is 2.58 bits per heavy atom. The van der Waals surface area contributed by atoms with Crippen molar-refractivity contribution >= 4 is 35.1 Å². The molecule has 11 aliphatic rings. The molecule has 274 valence electrons. The molecule has 9 unspecified atom stereocenters. The lowest BCUT2D eigenvalue weighted by atomic mass is 9.48. The second-order valence-electron chi connectivity index (χ2n) is 17.7. The second kappa shape index (κ2) is 9.36. The van der Waals surface area contributed by atoms with Crippen molar-refractivity contribution in [2.24, 2.45) is 16.7 Å². The summed E-state index contributed by atoms with van der Waals surface area (Å²) < 4.78 is 17.9. The van der Waals surface area contributed by atoms with Gasteiger partial charge in [-0.2, -0.15) is 0 Å². The van der Waals surface area contributed by atoms with Gasteiger partial charge in [0.05, 0.1) is 31.2 Å². The Balaban J connectivity index is 1.10. The van der Waals surface area contributed by atoms with Crippen LogP contribution in [0.5, 0.6) is 0 Å². The topological polar surface area (TPSA) is 112 Å². The smallest absolute Gasteiger partial charge is 0.414 e. The maximum atomic E-state index is 14.5. The predicted molar refractivity (Wildman–Crippen MR) is 192 cm³/mol. The molecule has 4 spiro atoms. The minimum atomic E-state index is -1.68. The molecule has 3 saturated carbocycles. The maximum Gasteiger partial charge on any atom is 0.414 e. The largest absolute Gasteiger partial charge is 0.468 e. The first-order valence-corrected chi connectivity index (χ1v) is 19.4. The van der Waals surface area contributed by atoms with Crippen LogP contribution in [0.1, 0.15) is 62.5 Å². The standard InChI is InChI=1S/C42H44N4O7/c1-51-34(48)38-15-13-36(25-38)11-5-19-43-21-17-39(33(36)43)27-7-3-4-8-30(27)45(42(38,39)50)26-9-10-28-31(23-26)46(35(49)52-2)40-16-14-37-12-6-20-44(37)22-18-41(28,40)53-32(47)29(40)24-37/h3-12,23,29,33,50H,13-22,24-25H2,1-2H3. The average molecular weight is 717 g/mol. The number of fused-ring (bicyclic) bond motifs is 6. The van der Waals surface area contributed by atoms with Gasteiger partial charge < -0.3 is 24.2 Å². The van der Waals surface area contributed by atoms with Gasteiger partial charge in [-0.25, -0.2) is 4.79 Å². The number of ether oxygens (including phenoxy) is 3. The van der Waals surface area contributed by atoms with Gasteiger partial charge >= 0.3 is 18.0 Å². The Hall–Kier alpha value is -4.19. The zero-order valence-electron chi connectivity index (χ0n) is 30.2. The van der Waals surface area contributed by atoms with Gasteiger partial charge in [-0.05, 0) is 75.3 Å². The highest BCUT2D eigenvalue weighted by Gasteiger charge is 2.86. The number of para-hydroxylation sites is 1. The van der Waals surface area contributed by atoms with E-state index in [1.54, 1.807) is 4.90 Å². The van der Waals surface area contributed by atoms with E-state index < -0.39 is 39.7 Å². The maximum absolute atomic E-state index is 14.5. The molecule has 53 heavy (non-hydrogen) atoms. The van der Waals surface area contributed by atoms with Gasteiger partial charge in [-0.3, -0.25) is 24.3 Å². The quantitative estimate of drug-likeness (QED) is 0.268. The first-order chi connectivity index (χ1) is 25.6. The first-order valence-electron chi connectivity index (χ1n) is 19.4. The summed E-state index contributed by atoms with van der Waals surface area (Å²) in [5, 5.41) is 14.2. The Labute approximate surface area is 308 Å². The van der Waals surface area contributed by atoms with Crippen LogP contribution in [0.4, 0.5) is 21.9 Å². The fourth-order valence-corrected chi connectivity index (χ4v) is 15.0. The van der Waals surface area contributed by atoms with Gasteiger partial charge in [0, 0.05) is 60.0 Å². The van der Waals surface area contributed by atoms with Crippen LogP contribution in [-0.4, -0.2) is 96.2 Å². The molecule has 13 rings (SSSR count). The summed E-state index contributed by atoms with van der Waals surface area (Å²) in [6.45, 7) is 3.18. The summed E-state index contributed by atoms with van der Waals surface area (Å²) in [4.78, 5) is 51.6. The molecular formula is C42H44N4O7. The van der Waals surface area contributed by atoms with Crippen molar-refractivity contribution < 1.29 is 33.7 Å². The molecule has 8 heterocycles. The molecule has 0 aromatic heterocycles. The number of anilines is 3. The number of benzene rings is 2. The van der Waals surface area contributed by atoms with Gasteiger partial charge in [-0.15, -0.1) is 0 Å². The number of methoxy groups -OCH3 is 2. The van der Waals surface area contributed by atoms with Crippen molar-refractivity contribution in [3.8, 4) is 0 Å².